The Morgan fingerprint density at radius 3 is 2.42 bits per heavy atom. The summed E-state index contributed by atoms with van der Waals surface area (Å²) in [6.07, 6.45) is 0.819. The van der Waals surface area contributed by atoms with E-state index in [1.165, 1.54) is 24.3 Å². The van der Waals surface area contributed by atoms with Crippen LogP contribution in [0.2, 0.25) is 0 Å². The molecule has 3 aliphatic heterocycles. The molecule has 3 saturated heterocycles. The summed E-state index contributed by atoms with van der Waals surface area (Å²) in [7, 11) is 0. The van der Waals surface area contributed by atoms with Gasteiger partial charge in [0.15, 0.2) is 0 Å². The summed E-state index contributed by atoms with van der Waals surface area (Å²) in [6, 6.07) is 5.44. The van der Waals surface area contributed by atoms with Crippen molar-refractivity contribution in [2.24, 2.45) is 0 Å². The van der Waals surface area contributed by atoms with Gasteiger partial charge in [0.05, 0.1) is 30.2 Å². The predicted molar refractivity (Wildman–Crippen MR) is 64.0 cm³/mol. The van der Waals surface area contributed by atoms with Crippen molar-refractivity contribution in [2.45, 2.75) is 18.6 Å². The summed E-state index contributed by atoms with van der Waals surface area (Å²) in [6.45, 7) is 1.09. The van der Waals surface area contributed by atoms with E-state index in [0.29, 0.717) is 18.8 Å². The molecule has 100 valence electrons. The highest BCUT2D eigenvalue weighted by Crippen LogP contribution is 2.28. The fraction of sp³-hybridized carbons (Fsp3) is 0.417. The summed E-state index contributed by atoms with van der Waals surface area (Å²) in [5.74, 6) is 0.302. The lowest BCUT2D eigenvalue weighted by molar-refractivity contribution is -0.384. The highest BCUT2D eigenvalue weighted by Gasteiger charge is 2.40. The molecule has 2 bridgehead atoms. The Balaban J connectivity index is 1.61. The zero-order chi connectivity index (χ0) is 13.4. The third-order valence-corrected chi connectivity index (χ3v) is 3.27. The van der Waals surface area contributed by atoms with E-state index in [-0.39, 0.29) is 17.9 Å². The van der Waals surface area contributed by atoms with Gasteiger partial charge in [0, 0.05) is 18.6 Å². The number of amides is 1. The number of carbonyl (C=O) groups is 1. The Bertz CT molecular complexity index is 499. The number of carbonyl (C=O) groups excluding carboxylic acids is 1. The Morgan fingerprint density at radius 2 is 1.89 bits per heavy atom. The lowest BCUT2D eigenvalue weighted by atomic mass is 9.99. The standard InChI is InChI=1S/C12H12N2O5/c15-12(13-6-10-5-11(7-13)18-10)19-9-3-1-8(2-4-9)14(16)17/h1-4,10-11H,5-7H2. The van der Waals surface area contributed by atoms with Gasteiger partial charge in [-0.25, -0.2) is 4.79 Å². The van der Waals surface area contributed by atoms with Gasteiger partial charge in [0.2, 0.25) is 0 Å². The Kier molecular flexibility index (Phi) is 2.83. The predicted octanol–water partition coefficient (Wildman–Crippen LogP) is 1.57. The molecule has 0 aromatic heterocycles. The summed E-state index contributed by atoms with van der Waals surface area (Å²) in [5.41, 5.74) is -0.0348. The molecular formula is C12H12N2O5. The normalized spacial score (nSPS) is 24.5. The molecule has 3 fully saturated rings. The van der Waals surface area contributed by atoms with Gasteiger partial charge < -0.3 is 14.4 Å². The molecule has 2 atom stereocenters. The number of hydrogen-bond donors (Lipinski definition) is 0. The molecule has 19 heavy (non-hydrogen) atoms. The molecule has 1 aromatic rings. The number of piperidine rings is 1. The number of nitro groups is 1. The second-order valence-electron chi connectivity index (χ2n) is 4.64. The molecule has 0 N–H and O–H groups in total. The lowest BCUT2D eigenvalue weighted by Gasteiger charge is -2.46. The Labute approximate surface area is 108 Å². The lowest BCUT2D eigenvalue weighted by Crippen LogP contribution is -2.59. The summed E-state index contributed by atoms with van der Waals surface area (Å²) >= 11 is 0. The van der Waals surface area contributed by atoms with E-state index in [9.17, 15) is 14.9 Å². The van der Waals surface area contributed by atoms with Gasteiger partial charge in [0.25, 0.3) is 5.69 Å². The minimum atomic E-state index is -0.499. The van der Waals surface area contributed by atoms with Crippen molar-refractivity contribution >= 4 is 11.8 Å². The van der Waals surface area contributed by atoms with E-state index < -0.39 is 11.0 Å². The largest absolute Gasteiger partial charge is 0.415 e. The quantitative estimate of drug-likeness (QED) is 0.598. The van der Waals surface area contributed by atoms with Crippen LogP contribution in [-0.2, 0) is 4.74 Å². The van der Waals surface area contributed by atoms with Crippen LogP contribution in [0.1, 0.15) is 6.42 Å². The second-order valence-corrected chi connectivity index (χ2v) is 4.64. The minimum absolute atomic E-state index is 0.0348. The monoisotopic (exact) mass is 264 g/mol. The van der Waals surface area contributed by atoms with E-state index in [2.05, 4.69) is 0 Å². The van der Waals surface area contributed by atoms with Gasteiger partial charge in [-0.2, -0.15) is 0 Å². The zero-order valence-electron chi connectivity index (χ0n) is 10.0. The van der Waals surface area contributed by atoms with E-state index in [1.807, 2.05) is 0 Å². The first kappa shape index (κ1) is 11.9. The maximum Gasteiger partial charge on any atom is 0.415 e. The molecule has 0 spiro atoms. The summed E-state index contributed by atoms with van der Waals surface area (Å²) in [5, 5.41) is 10.5. The highest BCUT2D eigenvalue weighted by molar-refractivity contribution is 5.71. The van der Waals surface area contributed by atoms with E-state index in [0.717, 1.165) is 6.42 Å². The van der Waals surface area contributed by atoms with Crippen LogP contribution in [0, 0.1) is 10.1 Å². The smallest absolute Gasteiger partial charge is 0.410 e. The van der Waals surface area contributed by atoms with Gasteiger partial charge in [-0.3, -0.25) is 10.1 Å². The van der Waals surface area contributed by atoms with Crippen LogP contribution >= 0.6 is 0 Å². The van der Waals surface area contributed by atoms with Crippen LogP contribution in [0.3, 0.4) is 0 Å². The highest BCUT2D eigenvalue weighted by atomic mass is 16.6. The number of ether oxygens (including phenoxy) is 2. The maximum atomic E-state index is 11.9. The molecular weight excluding hydrogens is 252 g/mol. The van der Waals surface area contributed by atoms with Crippen molar-refractivity contribution in [1.29, 1.82) is 0 Å². The molecule has 0 saturated carbocycles. The van der Waals surface area contributed by atoms with Crippen LogP contribution in [0.25, 0.3) is 0 Å². The zero-order valence-corrected chi connectivity index (χ0v) is 10.0. The maximum absolute atomic E-state index is 11.9. The van der Waals surface area contributed by atoms with Crippen LogP contribution in [0.15, 0.2) is 24.3 Å². The average molecular weight is 264 g/mol. The van der Waals surface area contributed by atoms with E-state index in [4.69, 9.17) is 9.47 Å². The van der Waals surface area contributed by atoms with Crippen LogP contribution < -0.4 is 4.74 Å². The second kappa shape index (κ2) is 4.51. The first-order chi connectivity index (χ1) is 9.11. The molecule has 3 heterocycles. The third-order valence-electron chi connectivity index (χ3n) is 3.27. The van der Waals surface area contributed by atoms with E-state index in [1.54, 1.807) is 4.90 Å². The summed E-state index contributed by atoms with van der Waals surface area (Å²) < 4.78 is 10.6. The number of non-ortho nitro benzene ring substituents is 1. The molecule has 7 heteroatoms. The first-order valence-electron chi connectivity index (χ1n) is 5.98. The number of nitrogens with zero attached hydrogens (tertiary/aromatic N) is 2. The van der Waals surface area contributed by atoms with Crippen molar-refractivity contribution in [3.63, 3.8) is 0 Å². The molecule has 0 aliphatic carbocycles. The SMILES string of the molecule is O=C(Oc1ccc([N+](=O)[O-])cc1)N1CC2CC(C1)O2. The van der Waals surface area contributed by atoms with Crippen molar-refractivity contribution in [3.8, 4) is 5.75 Å². The van der Waals surface area contributed by atoms with Gasteiger partial charge in [0.1, 0.15) is 5.75 Å². The van der Waals surface area contributed by atoms with Crippen LogP contribution in [0.5, 0.6) is 5.75 Å². The van der Waals surface area contributed by atoms with Crippen LogP contribution in [0.4, 0.5) is 10.5 Å². The molecule has 1 amide bonds. The Hall–Kier alpha value is -2.15. The number of rotatable bonds is 2. The van der Waals surface area contributed by atoms with Gasteiger partial charge in [-0.05, 0) is 12.1 Å². The van der Waals surface area contributed by atoms with Crippen molar-refractivity contribution in [2.75, 3.05) is 13.1 Å². The summed E-state index contributed by atoms with van der Waals surface area (Å²) in [4.78, 5) is 23.5. The van der Waals surface area contributed by atoms with Gasteiger partial charge in [-0.15, -0.1) is 0 Å². The van der Waals surface area contributed by atoms with E-state index >= 15 is 0 Å². The van der Waals surface area contributed by atoms with Crippen molar-refractivity contribution < 1.29 is 19.2 Å². The number of hydrogen-bond acceptors (Lipinski definition) is 5. The number of benzene rings is 1. The molecule has 2 unspecified atom stereocenters. The fourth-order valence-electron chi connectivity index (χ4n) is 2.31. The van der Waals surface area contributed by atoms with Crippen LogP contribution in [-0.4, -0.2) is 41.2 Å². The first-order valence-corrected chi connectivity index (χ1v) is 5.98. The molecule has 0 radical (unpaired) electrons. The molecule has 4 rings (SSSR count). The Morgan fingerprint density at radius 1 is 1.32 bits per heavy atom. The molecule has 1 aromatic carbocycles. The minimum Gasteiger partial charge on any atom is -0.410 e. The van der Waals surface area contributed by atoms with Gasteiger partial charge in [-0.1, -0.05) is 0 Å². The average Bonchev–Trinajstić information content (AvgIpc) is 2.38. The molecule has 3 aliphatic rings. The third kappa shape index (κ3) is 2.37. The molecule has 7 nitrogen and oxygen atoms in total. The number of fused-ring (bicyclic) bond motifs is 2. The van der Waals surface area contributed by atoms with Gasteiger partial charge >= 0.3 is 6.09 Å². The number of nitro benzene ring substituents is 1. The topological polar surface area (TPSA) is 81.9 Å². The fourth-order valence-corrected chi connectivity index (χ4v) is 2.31. The number of morpholine rings is 1. The van der Waals surface area contributed by atoms with Crippen molar-refractivity contribution in [3.05, 3.63) is 34.4 Å². The van der Waals surface area contributed by atoms with Crippen molar-refractivity contribution in [1.82, 2.24) is 4.90 Å².